The molecule has 0 heterocycles. The summed E-state index contributed by atoms with van der Waals surface area (Å²) in [5, 5.41) is 3.50. The molecular formula is C26H27ClN2O3S. The van der Waals surface area contributed by atoms with Gasteiger partial charge in [-0.2, -0.15) is 0 Å². The Bertz CT molecular complexity index is 1270. The van der Waals surface area contributed by atoms with E-state index in [2.05, 4.69) is 11.4 Å². The van der Waals surface area contributed by atoms with E-state index in [4.69, 9.17) is 11.6 Å². The van der Waals surface area contributed by atoms with Gasteiger partial charge in [0.25, 0.3) is 10.0 Å². The van der Waals surface area contributed by atoms with Gasteiger partial charge < -0.3 is 5.32 Å². The Balaban J connectivity index is 1.65. The Hall–Kier alpha value is -2.83. The first-order valence-corrected chi connectivity index (χ1v) is 12.8. The molecule has 33 heavy (non-hydrogen) atoms. The monoisotopic (exact) mass is 482 g/mol. The van der Waals surface area contributed by atoms with E-state index in [1.807, 2.05) is 32.0 Å². The number of carbonyl (C=O) groups is 1. The third-order valence-electron chi connectivity index (χ3n) is 6.04. The summed E-state index contributed by atoms with van der Waals surface area (Å²) in [5.74, 6) is -0.357. The van der Waals surface area contributed by atoms with Crippen LogP contribution in [0.3, 0.4) is 0 Å². The summed E-state index contributed by atoms with van der Waals surface area (Å²) in [6.45, 7) is 3.40. The van der Waals surface area contributed by atoms with Crippen LogP contribution in [0.5, 0.6) is 0 Å². The standard InChI is InChI=1S/C26H27ClN2O3S/c1-18-10-14-22(15-11-18)33(31,32)29(21-13-12-19(2)24(27)16-21)17-26(30)28-25-9-5-7-20-6-3-4-8-23(20)25/h3-4,6,8,10-16,25H,5,7,9,17H2,1-2H3,(H,28,30)/t25-/m0/s1. The van der Waals surface area contributed by atoms with Crippen molar-refractivity contribution in [2.75, 3.05) is 10.8 Å². The number of benzene rings is 3. The smallest absolute Gasteiger partial charge is 0.264 e. The molecule has 1 N–H and O–H groups in total. The zero-order valence-corrected chi connectivity index (χ0v) is 20.3. The molecule has 1 atom stereocenters. The first-order chi connectivity index (χ1) is 15.8. The fourth-order valence-corrected chi connectivity index (χ4v) is 5.75. The van der Waals surface area contributed by atoms with Crippen LogP contribution in [0.25, 0.3) is 0 Å². The highest BCUT2D eigenvalue weighted by atomic mass is 35.5. The third-order valence-corrected chi connectivity index (χ3v) is 8.24. The predicted octanol–water partition coefficient (Wildman–Crippen LogP) is 5.35. The number of halogens is 1. The lowest BCUT2D eigenvalue weighted by Crippen LogP contribution is -2.42. The number of hydrogen-bond donors (Lipinski definition) is 1. The van der Waals surface area contributed by atoms with E-state index in [1.165, 1.54) is 5.56 Å². The minimum atomic E-state index is -3.98. The Morgan fingerprint density at radius 1 is 1.06 bits per heavy atom. The van der Waals surface area contributed by atoms with Crippen molar-refractivity contribution in [3.05, 3.63) is 94.0 Å². The second kappa shape index (κ2) is 9.57. The molecule has 0 spiro atoms. The molecule has 0 saturated carbocycles. The van der Waals surface area contributed by atoms with Crippen LogP contribution >= 0.6 is 11.6 Å². The Morgan fingerprint density at radius 3 is 2.52 bits per heavy atom. The minimum Gasteiger partial charge on any atom is -0.348 e. The summed E-state index contributed by atoms with van der Waals surface area (Å²) >= 11 is 6.30. The van der Waals surface area contributed by atoms with Crippen molar-refractivity contribution in [3.63, 3.8) is 0 Å². The number of nitrogens with zero attached hydrogens (tertiary/aromatic N) is 1. The van der Waals surface area contributed by atoms with Gasteiger partial charge in [-0.1, -0.05) is 59.6 Å². The molecule has 0 bridgehead atoms. The van der Waals surface area contributed by atoms with E-state index in [-0.39, 0.29) is 23.4 Å². The molecule has 1 aliphatic rings. The minimum absolute atomic E-state index is 0.126. The van der Waals surface area contributed by atoms with Crippen LogP contribution in [0.2, 0.25) is 5.02 Å². The van der Waals surface area contributed by atoms with Gasteiger partial charge in [-0.15, -0.1) is 0 Å². The van der Waals surface area contributed by atoms with Crippen LogP contribution in [0.15, 0.2) is 71.6 Å². The van der Waals surface area contributed by atoms with Gasteiger partial charge in [0.15, 0.2) is 0 Å². The molecule has 0 aliphatic heterocycles. The number of carbonyl (C=O) groups excluding carboxylic acids is 1. The summed E-state index contributed by atoms with van der Waals surface area (Å²) < 4.78 is 28.3. The van der Waals surface area contributed by atoms with Crippen molar-refractivity contribution in [3.8, 4) is 0 Å². The third kappa shape index (κ3) is 5.07. The van der Waals surface area contributed by atoms with Crippen LogP contribution in [0, 0.1) is 13.8 Å². The van der Waals surface area contributed by atoms with Gasteiger partial charge in [-0.3, -0.25) is 9.10 Å². The molecule has 5 nitrogen and oxygen atoms in total. The first-order valence-electron chi connectivity index (χ1n) is 11.0. The zero-order chi connectivity index (χ0) is 23.6. The lowest BCUT2D eigenvalue weighted by molar-refractivity contribution is -0.120. The topological polar surface area (TPSA) is 66.5 Å². The number of sulfonamides is 1. The molecule has 4 rings (SSSR count). The lowest BCUT2D eigenvalue weighted by atomic mass is 9.88. The molecule has 1 aliphatic carbocycles. The number of rotatable bonds is 6. The molecule has 3 aromatic carbocycles. The molecule has 0 radical (unpaired) electrons. The average molecular weight is 483 g/mol. The van der Waals surface area contributed by atoms with Crippen molar-refractivity contribution < 1.29 is 13.2 Å². The van der Waals surface area contributed by atoms with Crippen LogP contribution in [0.1, 0.15) is 41.1 Å². The summed E-state index contributed by atoms with van der Waals surface area (Å²) in [6, 6.07) is 19.6. The van der Waals surface area contributed by atoms with Crippen molar-refractivity contribution in [2.45, 2.75) is 44.0 Å². The van der Waals surface area contributed by atoms with Gasteiger partial charge in [0.2, 0.25) is 5.91 Å². The predicted molar refractivity (Wildman–Crippen MR) is 132 cm³/mol. The van der Waals surface area contributed by atoms with Crippen molar-refractivity contribution in [2.24, 2.45) is 0 Å². The quantitative estimate of drug-likeness (QED) is 0.515. The second-order valence-corrected chi connectivity index (χ2v) is 10.7. The van der Waals surface area contributed by atoms with Crippen molar-refractivity contribution in [1.29, 1.82) is 0 Å². The van der Waals surface area contributed by atoms with E-state index in [1.54, 1.807) is 42.5 Å². The Morgan fingerprint density at radius 2 is 1.79 bits per heavy atom. The summed E-state index contributed by atoms with van der Waals surface area (Å²) in [4.78, 5) is 13.3. The molecule has 1 amide bonds. The fraction of sp³-hybridized carbons (Fsp3) is 0.269. The first kappa shape index (κ1) is 23.3. The molecule has 0 unspecified atom stereocenters. The molecule has 0 fully saturated rings. The van der Waals surface area contributed by atoms with Gasteiger partial charge in [0.05, 0.1) is 16.6 Å². The van der Waals surface area contributed by atoms with Gasteiger partial charge in [0, 0.05) is 5.02 Å². The highest BCUT2D eigenvalue weighted by Gasteiger charge is 2.29. The molecule has 0 saturated heterocycles. The molecular weight excluding hydrogens is 456 g/mol. The lowest BCUT2D eigenvalue weighted by Gasteiger charge is -2.29. The maximum atomic E-state index is 13.6. The van der Waals surface area contributed by atoms with Crippen LogP contribution < -0.4 is 9.62 Å². The number of nitrogens with one attached hydrogen (secondary N) is 1. The van der Waals surface area contributed by atoms with E-state index in [0.29, 0.717) is 10.7 Å². The number of hydrogen-bond acceptors (Lipinski definition) is 3. The zero-order valence-electron chi connectivity index (χ0n) is 18.7. The highest BCUT2D eigenvalue weighted by Crippen LogP contribution is 2.31. The Labute approximate surface area is 200 Å². The van der Waals surface area contributed by atoms with Gasteiger partial charge in [-0.25, -0.2) is 8.42 Å². The van der Waals surface area contributed by atoms with E-state index in [0.717, 1.165) is 40.3 Å². The van der Waals surface area contributed by atoms with E-state index in [9.17, 15) is 13.2 Å². The SMILES string of the molecule is Cc1ccc(S(=O)(=O)N(CC(=O)N[C@H]2CCCc3ccccc32)c2ccc(C)c(Cl)c2)cc1. The molecule has 7 heteroatoms. The van der Waals surface area contributed by atoms with Crippen LogP contribution in [-0.2, 0) is 21.2 Å². The summed E-state index contributed by atoms with van der Waals surface area (Å²) in [6.07, 6.45) is 2.78. The molecule has 0 aromatic heterocycles. The maximum absolute atomic E-state index is 13.6. The van der Waals surface area contributed by atoms with Gasteiger partial charge >= 0.3 is 0 Å². The number of fused-ring (bicyclic) bond motifs is 1. The van der Waals surface area contributed by atoms with Gasteiger partial charge in [-0.05, 0) is 74.1 Å². The summed E-state index contributed by atoms with van der Waals surface area (Å²) in [5.41, 5.74) is 4.46. The van der Waals surface area contributed by atoms with Crippen LogP contribution in [0.4, 0.5) is 5.69 Å². The van der Waals surface area contributed by atoms with Gasteiger partial charge in [0.1, 0.15) is 6.54 Å². The summed E-state index contributed by atoms with van der Waals surface area (Å²) in [7, 11) is -3.98. The van der Waals surface area contributed by atoms with Crippen molar-refractivity contribution >= 4 is 33.2 Å². The van der Waals surface area contributed by atoms with E-state index >= 15 is 0 Å². The second-order valence-electron chi connectivity index (χ2n) is 8.47. The molecule has 172 valence electrons. The number of amides is 1. The molecule has 3 aromatic rings. The maximum Gasteiger partial charge on any atom is 0.264 e. The number of anilines is 1. The number of aryl methyl sites for hydroxylation is 3. The largest absolute Gasteiger partial charge is 0.348 e. The fourth-order valence-electron chi connectivity index (χ4n) is 4.16. The van der Waals surface area contributed by atoms with Crippen LogP contribution in [-0.4, -0.2) is 20.9 Å². The highest BCUT2D eigenvalue weighted by molar-refractivity contribution is 7.92. The normalized spacial score (nSPS) is 15.5. The Kier molecular flexibility index (Phi) is 6.77. The van der Waals surface area contributed by atoms with E-state index < -0.39 is 10.0 Å². The average Bonchev–Trinajstić information content (AvgIpc) is 2.80. The van der Waals surface area contributed by atoms with Crippen molar-refractivity contribution in [1.82, 2.24) is 5.32 Å².